The third kappa shape index (κ3) is 1.69. The lowest BCUT2D eigenvalue weighted by molar-refractivity contribution is 0.580. The van der Waals surface area contributed by atoms with Crippen LogP contribution in [0.15, 0.2) is 16.0 Å². The highest BCUT2D eigenvalue weighted by atomic mass is 79.9. The first kappa shape index (κ1) is 9.73. The molecule has 0 aliphatic rings. The molecule has 1 aromatic heterocycles. The van der Waals surface area contributed by atoms with Crippen LogP contribution in [0.4, 0.5) is 0 Å². The molecule has 0 fully saturated rings. The van der Waals surface area contributed by atoms with E-state index in [1.54, 1.807) is 20.2 Å². The van der Waals surface area contributed by atoms with Gasteiger partial charge in [0.05, 0.1) is 5.75 Å². The van der Waals surface area contributed by atoms with Crippen LogP contribution in [0.2, 0.25) is 0 Å². The van der Waals surface area contributed by atoms with Crippen molar-refractivity contribution in [1.29, 1.82) is 0 Å². The second-order valence-corrected chi connectivity index (χ2v) is 5.35. The Morgan fingerprint density at radius 3 is 2.58 bits per heavy atom. The molecule has 0 aromatic carbocycles. The molecule has 0 N–H and O–H groups in total. The molecule has 12 heavy (non-hydrogen) atoms. The molecule has 4 nitrogen and oxygen atoms in total. The Balaban J connectivity index is 3.29. The predicted octanol–water partition coefficient (Wildman–Crippen LogP) is 0.976. The van der Waals surface area contributed by atoms with E-state index in [2.05, 4.69) is 20.9 Å². The molecular weight excluding hydrogens is 244 g/mol. The second kappa shape index (κ2) is 3.18. The zero-order valence-electron chi connectivity index (χ0n) is 6.78. The molecule has 0 saturated heterocycles. The van der Waals surface area contributed by atoms with Crippen LogP contribution in [-0.4, -0.2) is 23.7 Å². The van der Waals surface area contributed by atoms with Gasteiger partial charge in [-0.05, 0) is 15.9 Å². The third-order valence-electron chi connectivity index (χ3n) is 1.46. The van der Waals surface area contributed by atoms with Crippen molar-refractivity contribution in [3.63, 3.8) is 0 Å². The molecule has 1 heterocycles. The lowest BCUT2D eigenvalue weighted by Gasteiger charge is -1.98. The molecule has 0 atom stereocenters. The molecule has 0 spiro atoms. The van der Waals surface area contributed by atoms with Crippen molar-refractivity contribution in [3.05, 3.63) is 10.8 Å². The van der Waals surface area contributed by atoms with Crippen molar-refractivity contribution in [2.75, 3.05) is 5.75 Å². The molecule has 0 aliphatic heterocycles. The maximum absolute atomic E-state index is 11.3. The smallest absolute Gasteiger partial charge is 0.228 e. The second-order valence-electron chi connectivity index (χ2n) is 2.36. The summed E-state index contributed by atoms with van der Waals surface area (Å²) in [5.74, 6) is 0.0737. The Labute approximate surface area is 79.7 Å². The maximum atomic E-state index is 11.3. The van der Waals surface area contributed by atoms with Gasteiger partial charge in [0.1, 0.15) is 4.60 Å². The number of hydrogen-bond acceptors (Lipinski definition) is 3. The maximum Gasteiger partial charge on any atom is 0.228 e. The van der Waals surface area contributed by atoms with Gasteiger partial charge in [0, 0.05) is 13.2 Å². The van der Waals surface area contributed by atoms with Crippen LogP contribution < -0.4 is 0 Å². The summed E-state index contributed by atoms with van der Waals surface area (Å²) in [5.41, 5.74) is 0. The number of imidazole rings is 1. The lowest BCUT2D eigenvalue weighted by Crippen LogP contribution is -2.09. The molecular formula is C6H9BrN2O2S. The average molecular weight is 253 g/mol. The van der Waals surface area contributed by atoms with Gasteiger partial charge in [0.25, 0.3) is 0 Å². The topological polar surface area (TPSA) is 52.0 Å². The largest absolute Gasteiger partial charge is 0.324 e. The van der Waals surface area contributed by atoms with E-state index in [1.807, 2.05) is 0 Å². The van der Waals surface area contributed by atoms with Gasteiger partial charge < -0.3 is 4.57 Å². The monoisotopic (exact) mass is 252 g/mol. The van der Waals surface area contributed by atoms with E-state index in [4.69, 9.17) is 0 Å². The SMILES string of the molecule is CCS(=O)(=O)c1nc(Br)cn1C. The van der Waals surface area contributed by atoms with Crippen LogP contribution in [0, 0.1) is 0 Å². The number of aryl methyl sites for hydroxylation is 1. The summed E-state index contributed by atoms with van der Waals surface area (Å²) in [6.07, 6.45) is 1.61. The first-order valence-corrected chi connectivity index (χ1v) is 5.83. The van der Waals surface area contributed by atoms with E-state index in [0.717, 1.165) is 0 Å². The molecule has 0 aliphatic carbocycles. The molecule has 0 radical (unpaired) electrons. The number of sulfone groups is 1. The fraction of sp³-hybridized carbons (Fsp3) is 0.500. The molecule has 1 aromatic rings. The standard InChI is InChI=1S/C6H9BrN2O2S/c1-3-12(10,11)6-8-5(7)4-9(6)2/h4H,3H2,1-2H3. The van der Waals surface area contributed by atoms with Crippen molar-refractivity contribution in [3.8, 4) is 0 Å². The van der Waals surface area contributed by atoms with Crippen LogP contribution in [0.3, 0.4) is 0 Å². The fourth-order valence-corrected chi connectivity index (χ4v) is 2.41. The number of rotatable bonds is 2. The highest BCUT2D eigenvalue weighted by Gasteiger charge is 2.17. The first-order chi connectivity index (χ1) is 5.47. The molecule has 6 heteroatoms. The number of halogens is 1. The Kier molecular flexibility index (Phi) is 2.58. The minimum Gasteiger partial charge on any atom is -0.324 e. The van der Waals surface area contributed by atoms with E-state index in [0.29, 0.717) is 4.60 Å². The lowest BCUT2D eigenvalue weighted by atomic mass is 10.9. The van der Waals surface area contributed by atoms with Gasteiger partial charge in [0.15, 0.2) is 0 Å². The normalized spacial score (nSPS) is 11.9. The highest BCUT2D eigenvalue weighted by Crippen LogP contribution is 2.13. The van der Waals surface area contributed by atoms with E-state index in [9.17, 15) is 8.42 Å². The van der Waals surface area contributed by atoms with Crippen molar-refractivity contribution in [1.82, 2.24) is 9.55 Å². The number of hydrogen-bond donors (Lipinski definition) is 0. The zero-order valence-corrected chi connectivity index (χ0v) is 9.18. The van der Waals surface area contributed by atoms with Crippen molar-refractivity contribution in [2.24, 2.45) is 7.05 Å². The molecule has 0 amide bonds. The van der Waals surface area contributed by atoms with E-state index < -0.39 is 9.84 Å². The summed E-state index contributed by atoms with van der Waals surface area (Å²) in [6, 6.07) is 0. The van der Waals surface area contributed by atoms with Crippen LogP contribution >= 0.6 is 15.9 Å². The number of nitrogens with zero attached hydrogens (tertiary/aromatic N) is 2. The van der Waals surface area contributed by atoms with Crippen LogP contribution in [0.25, 0.3) is 0 Å². The Morgan fingerprint density at radius 1 is 1.67 bits per heavy atom. The van der Waals surface area contributed by atoms with Gasteiger partial charge in [-0.15, -0.1) is 0 Å². The highest BCUT2D eigenvalue weighted by molar-refractivity contribution is 9.10. The van der Waals surface area contributed by atoms with Crippen molar-refractivity contribution >= 4 is 25.8 Å². The molecule has 1 rings (SSSR count). The predicted molar refractivity (Wildman–Crippen MR) is 48.6 cm³/mol. The van der Waals surface area contributed by atoms with Crippen LogP contribution in [0.5, 0.6) is 0 Å². The molecule has 0 bridgehead atoms. The Bertz CT molecular complexity index is 382. The van der Waals surface area contributed by atoms with Gasteiger partial charge in [-0.1, -0.05) is 6.92 Å². The van der Waals surface area contributed by atoms with Gasteiger partial charge >= 0.3 is 0 Å². The fourth-order valence-electron chi connectivity index (χ4n) is 0.832. The van der Waals surface area contributed by atoms with Crippen LogP contribution in [0.1, 0.15) is 6.92 Å². The van der Waals surface area contributed by atoms with Gasteiger partial charge in [-0.3, -0.25) is 0 Å². The van der Waals surface area contributed by atoms with E-state index in [1.165, 1.54) is 4.57 Å². The van der Waals surface area contributed by atoms with E-state index in [-0.39, 0.29) is 10.9 Å². The third-order valence-corrected chi connectivity index (χ3v) is 3.54. The first-order valence-electron chi connectivity index (χ1n) is 3.39. The number of aromatic nitrogens is 2. The summed E-state index contributed by atoms with van der Waals surface area (Å²) in [6.45, 7) is 1.60. The van der Waals surface area contributed by atoms with Gasteiger partial charge in [0.2, 0.25) is 15.0 Å². The summed E-state index contributed by atoms with van der Waals surface area (Å²) in [5, 5.41) is 0.108. The van der Waals surface area contributed by atoms with Gasteiger partial charge in [-0.2, -0.15) is 0 Å². The zero-order chi connectivity index (χ0) is 9.35. The van der Waals surface area contributed by atoms with E-state index >= 15 is 0 Å². The summed E-state index contributed by atoms with van der Waals surface area (Å²) in [7, 11) is -1.53. The molecule has 0 unspecified atom stereocenters. The summed E-state index contributed by atoms with van der Waals surface area (Å²) < 4.78 is 24.7. The summed E-state index contributed by atoms with van der Waals surface area (Å²) >= 11 is 3.11. The minimum atomic E-state index is -3.19. The Morgan fingerprint density at radius 2 is 2.25 bits per heavy atom. The minimum absolute atomic E-state index is 0.0737. The molecule has 0 saturated carbocycles. The average Bonchev–Trinajstić information content (AvgIpc) is 2.31. The quantitative estimate of drug-likeness (QED) is 0.789. The summed E-state index contributed by atoms with van der Waals surface area (Å²) in [4.78, 5) is 3.84. The van der Waals surface area contributed by atoms with Crippen molar-refractivity contribution < 1.29 is 8.42 Å². The molecule has 68 valence electrons. The van der Waals surface area contributed by atoms with Gasteiger partial charge in [-0.25, -0.2) is 13.4 Å². The van der Waals surface area contributed by atoms with Crippen LogP contribution in [-0.2, 0) is 16.9 Å². The Hall–Kier alpha value is -0.360. The van der Waals surface area contributed by atoms with Crippen molar-refractivity contribution in [2.45, 2.75) is 12.1 Å².